The molecule has 2 atom stereocenters. The first-order valence-electron chi connectivity index (χ1n) is 9.08. The van der Waals surface area contributed by atoms with Gasteiger partial charge in [-0.05, 0) is 64.5 Å². The molecule has 0 bridgehead atoms. The van der Waals surface area contributed by atoms with E-state index in [1.165, 1.54) is 0 Å². The molecule has 0 saturated carbocycles. The van der Waals surface area contributed by atoms with Crippen molar-refractivity contribution in [3.8, 4) is 11.5 Å². The first-order chi connectivity index (χ1) is 11.7. The third-order valence-electron chi connectivity index (χ3n) is 5.47. The highest BCUT2D eigenvalue weighted by Crippen LogP contribution is 2.44. The first-order valence-corrected chi connectivity index (χ1v) is 9.08. The molecule has 5 nitrogen and oxygen atoms in total. The number of carbonyl (C=O) groups excluding carboxylic acids is 1. The summed E-state index contributed by atoms with van der Waals surface area (Å²) in [5.41, 5.74) is 3.56. The van der Waals surface area contributed by atoms with Crippen LogP contribution in [0.2, 0.25) is 0 Å². The van der Waals surface area contributed by atoms with Crippen molar-refractivity contribution in [2.75, 3.05) is 0 Å². The van der Waals surface area contributed by atoms with E-state index in [-0.39, 0.29) is 24.1 Å². The van der Waals surface area contributed by atoms with Crippen LogP contribution >= 0.6 is 0 Å². The molecule has 2 unspecified atom stereocenters. The third-order valence-corrected chi connectivity index (χ3v) is 5.47. The fraction of sp³-hybridized carbons (Fsp3) is 0.650. The van der Waals surface area contributed by atoms with Crippen LogP contribution < -0.4 is 4.74 Å². The predicted molar refractivity (Wildman–Crippen MR) is 94.1 cm³/mol. The Labute approximate surface area is 149 Å². The van der Waals surface area contributed by atoms with E-state index < -0.39 is 6.10 Å². The smallest absolute Gasteiger partial charge is 0.308 e. The van der Waals surface area contributed by atoms with E-state index in [2.05, 4.69) is 13.8 Å². The van der Waals surface area contributed by atoms with E-state index in [1.807, 2.05) is 13.8 Å². The summed E-state index contributed by atoms with van der Waals surface area (Å²) >= 11 is 0. The lowest BCUT2D eigenvalue weighted by molar-refractivity contribution is -0.160. The maximum atomic E-state index is 11.5. The normalized spacial score (nSPS) is 25.1. The number of rotatable bonds is 3. The van der Waals surface area contributed by atoms with Crippen molar-refractivity contribution in [1.82, 2.24) is 0 Å². The number of aliphatic hydroxyl groups excluding tert-OH is 1. The highest BCUT2D eigenvalue weighted by Gasteiger charge is 2.33. The summed E-state index contributed by atoms with van der Waals surface area (Å²) in [6.07, 6.45) is 2.69. The topological polar surface area (TPSA) is 76.0 Å². The number of hydrogen-bond acceptors (Lipinski definition) is 5. The van der Waals surface area contributed by atoms with Crippen molar-refractivity contribution in [3.63, 3.8) is 0 Å². The molecule has 1 aromatic carbocycles. The van der Waals surface area contributed by atoms with Crippen molar-refractivity contribution in [2.24, 2.45) is 0 Å². The first kappa shape index (κ1) is 18.1. The van der Waals surface area contributed by atoms with E-state index in [0.29, 0.717) is 25.0 Å². The summed E-state index contributed by atoms with van der Waals surface area (Å²) in [6.45, 7) is 8.00. The lowest BCUT2D eigenvalue weighted by Gasteiger charge is -2.36. The third kappa shape index (κ3) is 3.61. The quantitative estimate of drug-likeness (QED) is 0.821. The van der Waals surface area contributed by atoms with Gasteiger partial charge in [-0.25, -0.2) is 0 Å². The van der Waals surface area contributed by atoms with Gasteiger partial charge in [-0.1, -0.05) is 0 Å². The van der Waals surface area contributed by atoms with Crippen molar-refractivity contribution in [3.05, 3.63) is 22.3 Å². The summed E-state index contributed by atoms with van der Waals surface area (Å²) in [4.78, 5) is 11.5. The van der Waals surface area contributed by atoms with Crippen LogP contribution in [-0.2, 0) is 22.4 Å². The number of aromatic hydroxyl groups is 1. The van der Waals surface area contributed by atoms with E-state index in [1.54, 1.807) is 0 Å². The number of phenolic OH excluding ortho intramolecular Hbond substituents is 1. The predicted octanol–water partition coefficient (Wildman–Crippen LogP) is 3.11. The van der Waals surface area contributed by atoms with E-state index in [9.17, 15) is 15.0 Å². The molecule has 0 aliphatic carbocycles. The minimum atomic E-state index is -0.622. The molecule has 3 rings (SSSR count). The number of cyclic esters (lactones) is 1. The second kappa shape index (κ2) is 6.52. The molecular formula is C20H28O5. The van der Waals surface area contributed by atoms with Crippen LogP contribution in [-0.4, -0.2) is 34.0 Å². The number of benzene rings is 1. The van der Waals surface area contributed by atoms with Crippen LogP contribution in [0.4, 0.5) is 0 Å². The average Bonchev–Trinajstić information content (AvgIpc) is 2.51. The molecule has 138 valence electrons. The number of esters is 1. The molecule has 2 heterocycles. The van der Waals surface area contributed by atoms with Gasteiger partial charge in [-0.2, -0.15) is 0 Å². The standard InChI is InChI=1S/C20H28O5/c1-11-15(6-5-14-9-13(21)10-17(22)24-14)19-16(12(2)18(11)23)7-8-20(3,4)25-19/h13-14,21,23H,5-10H2,1-4H3. The Bertz CT molecular complexity index is 692. The minimum absolute atomic E-state index is 0.0769. The number of carbonyl (C=O) groups is 1. The molecule has 1 fully saturated rings. The second-order valence-electron chi connectivity index (χ2n) is 7.99. The van der Waals surface area contributed by atoms with Gasteiger partial charge in [0.25, 0.3) is 0 Å². The van der Waals surface area contributed by atoms with E-state index >= 15 is 0 Å². The molecule has 0 amide bonds. The average molecular weight is 348 g/mol. The van der Waals surface area contributed by atoms with E-state index in [4.69, 9.17) is 9.47 Å². The zero-order valence-electron chi connectivity index (χ0n) is 15.5. The Balaban J connectivity index is 1.88. The molecule has 2 aliphatic heterocycles. The van der Waals surface area contributed by atoms with Gasteiger partial charge in [-0.15, -0.1) is 0 Å². The monoisotopic (exact) mass is 348 g/mol. The number of fused-ring (bicyclic) bond motifs is 1. The maximum Gasteiger partial charge on any atom is 0.308 e. The van der Waals surface area contributed by atoms with Gasteiger partial charge in [0.05, 0.1) is 12.5 Å². The molecule has 25 heavy (non-hydrogen) atoms. The van der Waals surface area contributed by atoms with Gasteiger partial charge in [0.2, 0.25) is 0 Å². The molecule has 1 aromatic rings. The maximum absolute atomic E-state index is 11.5. The highest BCUT2D eigenvalue weighted by atomic mass is 16.5. The molecule has 1 saturated heterocycles. The van der Waals surface area contributed by atoms with Gasteiger partial charge in [0.15, 0.2) is 0 Å². The van der Waals surface area contributed by atoms with Crippen LogP contribution in [0.1, 0.15) is 61.8 Å². The van der Waals surface area contributed by atoms with Crippen molar-refractivity contribution < 1.29 is 24.5 Å². The number of aliphatic hydroxyl groups is 1. The Hall–Kier alpha value is -1.75. The fourth-order valence-electron chi connectivity index (χ4n) is 3.91. The van der Waals surface area contributed by atoms with Crippen LogP contribution in [0.3, 0.4) is 0 Å². The fourth-order valence-corrected chi connectivity index (χ4v) is 3.91. The molecule has 2 N–H and O–H groups in total. The summed E-state index contributed by atoms with van der Waals surface area (Å²) in [6, 6.07) is 0. The molecular weight excluding hydrogens is 320 g/mol. The zero-order valence-corrected chi connectivity index (χ0v) is 15.5. The summed E-state index contributed by atoms with van der Waals surface area (Å²) in [5.74, 6) is 0.871. The Morgan fingerprint density at radius 2 is 1.96 bits per heavy atom. The van der Waals surface area contributed by atoms with Gasteiger partial charge in [-0.3, -0.25) is 4.79 Å². The van der Waals surface area contributed by atoms with Crippen molar-refractivity contribution in [2.45, 2.75) is 84.0 Å². The van der Waals surface area contributed by atoms with Crippen LogP contribution in [0.25, 0.3) is 0 Å². The van der Waals surface area contributed by atoms with Gasteiger partial charge in [0.1, 0.15) is 23.2 Å². The summed E-state index contributed by atoms with van der Waals surface area (Å²) < 4.78 is 11.6. The number of hydrogen-bond donors (Lipinski definition) is 2. The number of phenols is 1. The van der Waals surface area contributed by atoms with Gasteiger partial charge < -0.3 is 19.7 Å². The Morgan fingerprint density at radius 3 is 2.64 bits per heavy atom. The summed E-state index contributed by atoms with van der Waals surface area (Å²) in [5, 5.41) is 20.3. The van der Waals surface area contributed by atoms with Crippen LogP contribution in [0, 0.1) is 13.8 Å². The molecule has 0 radical (unpaired) electrons. The zero-order chi connectivity index (χ0) is 18.4. The Kier molecular flexibility index (Phi) is 4.71. The second-order valence-corrected chi connectivity index (χ2v) is 7.99. The van der Waals surface area contributed by atoms with E-state index in [0.717, 1.165) is 40.8 Å². The lowest BCUT2D eigenvalue weighted by Crippen LogP contribution is -2.34. The number of ether oxygens (including phenoxy) is 2. The van der Waals surface area contributed by atoms with Gasteiger partial charge >= 0.3 is 5.97 Å². The minimum Gasteiger partial charge on any atom is -0.507 e. The Morgan fingerprint density at radius 1 is 1.24 bits per heavy atom. The molecule has 2 aliphatic rings. The van der Waals surface area contributed by atoms with Crippen LogP contribution in [0.5, 0.6) is 11.5 Å². The van der Waals surface area contributed by atoms with Crippen LogP contribution in [0.15, 0.2) is 0 Å². The SMILES string of the molecule is Cc1c(O)c(C)c2c(c1CCC1CC(O)CC(=O)O1)OC(C)(C)CC2. The lowest BCUT2D eigenvalue weighted by atomic mass is 9.86. The molecule has 0 aromatic heterocycles. The van der Waals surface area contributed by atoms with Crippen molar-refractivity contribution in [1.29, 1.82) is 0 Å². The highest BCUT2D eigenvalue weighted by molar-refractivity contribution is 5.71. The molecule has 5 heteroatoms. The van der Waals surface area contributed by atoms with Gasteiger partial charge in [0, 0.05) is 17.5 Å². The van der Waals surface area contributed by atoms with Crippen molar-refractivity contribution >= 4 is 5.97 Å². The summed E-state index contributed by atoms with van der Waals surface area (Å²) in [7, 11) is 0. The largest absolute Gasteiger partial charge is 0.507 e. The molecule has 0 spiro atoms.